The van der Waals surface area contributed by atoms with Crippen LogP contribution in [0.25, 0.3) is 21.7 Å². The van der Waals surface area contributed by atoms with Crippen LogP contribution in [0.5, 0.6) is 5.75 Å². The molecule has 41 nitrogen and oxygen atoms in total. The fourth-order valence-corrected chi connectivity index (χ4v) is 16.7. The Kier molecular flexibility index (Phi) is 37.5. The summed E-state index contributed by atoms with van der Waals surface area (Å²) < 4.78 is 8.36. The van der Waals surface area contributed by atoms with Gasteiger partial charge in [0.15, 0.2) is 0 Å². The number of unbranched alkanes of at least 4 members (excludes halogenated alkanes) is 1. The van der Waals surface area contributed by atoms with Gasteiger partial charge in [-0.1, -0.05) is 94.4 Å². The molecule has 0 spiro atoms. The third-order valence-corrected chi connectivity index (χ3v) is 25.1. The Morgan fingerprint density at radius 1 is 0.571 bits per heavy atom. The number of hydrogen-bond donors (Lipinski definition) is 21. The topological polar surface area (TPSA) is 660 Å². The number of aliphatic hydroxyl groups excluding tert-OH is 1. The van der Waals surface area contributed by atoms with Crippen molar-refractivity contribution in [2.45, 2.75) is 220 Å². The molecule has 2 fully saturated rings. The van der Waals surface area contributed by atoms with Crippen LogP contribution in [-0.2, 0) is 110 Å². The molecule has 12 unspecified atom stereocenters. The first kappa shape index (κ1) is 101. The first-order chi connectivity index (χ1) is 59.5. The van der Waals surface area contributed by atoms with E-state index in [1.54, 1.807) is 98.2 Å². The summed E-state index contributed by atoms with van der Waals surface area (Å²) in [5.74, 6) is -18.5. The van der Waals surface area contributed by atoms with Gasteiger partial charge in [0.1, 0.15) is 84.4 Å². The van der Waals surface area contributed by atoms with Crippen LogP contribution in [0.15, 0.2) is 97.2 Å². The molecule has 2 aliphatic rings. The second-order valence-corrected chi connectivity index (χ2v) is 35.4. The summed E-state index contributed by atoms with van der Waals surface area (Å²) in [4.78, 5) is 257. The molecule has 26 N–H and O–H groups in total. The Morgan fingerprint density at radius 2 is 1.14 bits per heavy atom. The normalized spacial score (nSPS) is 20.1. The Hall–Kier alpha value is -12.5. The molecule has 5 aromatic rings. The van der Waals surface area contributed by atoms with Crippen LogP contribution >= 0.6 is 21.6 Å². The second kappa shape index (κ2) is 47.0. The van der Waals surface area contributed by atoms with E-state index in [1.807, 2.05) is 6.07 Å². The zero-order valence-corrected chi connectivity index (χ0v) is 72.8. The summed E-state index contributed by atoms with van der Waals surface area (Å²) in [6.07, 6.45) is -5.50. The molecule has 12 atom stereocenters. The highest BCUT2D eigenvalue weighted by atomic mass is 33.1. The minimum Gasteiger partial charge on any atom is -0.492 e. The van der Waals surface area contributed by atoms with Crippen LogP contribution in [0.1, 0.15) is 129 Å². The Bertz CT molecular complexity index is 4810. The molecule has 0 bridgehead atoms. The van der Waals surface area contributed by atoms with Gasteiger partial charge in [0.2, 0.25) is 106 Å². The lowest BCUT2D eigenvalue weighted by Gasteiger charge is -2.39. The fourth-order valence-electron chi connectivity index (χ4n) is 13.9. The fraction of sp³-hybridized carbons (Fsp3) is 0.494. The molecule has 18 amide bonds. The molecule has 0 aliphatic carbocycles. The quantitative estimate of drug-likeness (QED) is 0.0132. The Labute approximate surface area is 734 Å². The van der Waals surface area contributed by atoms with Crippen molar-refractivity contribution in [2.24, 2.45) is 28.7 Å². The number of carbonyl (C=O) groups excluding carboxylic acids is 18. The van der Waals surface area contributed by atoms with Gasteiger partial charge in [0.05, 0.1) is 25.4 Å². The van der Waals surface area contributed by atoms with Crippen LogP contribution in [0.3, 0.4) is 0 Å². The number of H-pyrrole nitrogens is 1. The van der Waals surface area contributed by atoms with Crippen molar-refractivity contribution in [1.29, 1.82) is 0 Å². The van der Waals surface area contributed by atoms with Crippen LogP contribution in [0, 0.1) is 0 Å². The van der Waals surface area contributed by atoms with E-state index in [2.05, 4.69) is 79.4 Å². The Balaban J connectivity index is 1.35. The highest BCUT2D eigenvalue weighted by Crippen LogP contribution is 2.47. The predicted molar refractivity (Wildman–Crippen MR) is 464 cm³/mol. The number of hydrogen-bond acceptors (Lipinski definition) is 24. The molecule has 43 heteroatoms. The van der Waals surface area contributed by atoms with E-state index in [4.69, 9.17) is 38.1 Å². The number of carbonyl (C=O) groups is 18. The lowest BCUT2D eigenvalue weighted by molar-refractivity contribution is -0.141. The molecule has 4 aromatic carbocycles. The van der Waals surface area contributed by atoms with Gasteiger partial charge in [-0.05, 0) is 113 Å². The molecule has 684 valence electrons. The Morgan fingerprint density at radius 3 is 1.78 bits per heavy atom. The highest BCUT2D eigenvalue weighted by Gasteiger charge is 2.48. The third kappa shape index (κ3) is 30.4. The van der Waals surface area contributed by atoms with E-state index in [9.17, 15) is 62.6 Å². The molecular formula is C83H114N20O21S2. The number of nitrogens with two attached hydrogens (primary N) is 5. The summed E-state index contributed by atoms with van der Waals surface area (Å²) in [5, 5.41) is 49.9. The summed E-state index contributed by atoms with van der Waals surface area (Å²) in [5.41, 5.74) is 27.4. The van der Waals surface area contributed by atoms with Gasteiger partial charge in [0.25, 0.3) is 0 Å². The number of para-hydroxylation sites is 1. The molecule has 2 saturated heterocycles. The average molecular weight is 1790 g/mol. The van der Waals surface area contributed by atoms with Crippen molar-refractivity contribution in [1.82, 2.24) is 79.4 Å². The van der Waals surface area contributed by atoms with Crippen LogP contribution in [0.4, 0.5) is 0 Å². The summed E-state index contributed by atoms with van der Waals surface area (Å²) >= 11 is 0. The number of amides is 18. The number of primary amides is 5. The van der Waals surface area contributed by atoms with Crippen molar-refractivity contribution in [3.63, 3.8) is 0 Å². The van der Waals surface area contributed by atoms with Gasteiger partial charge in [-0.3, -0.25) is 86.3 Å². The number of benzene rings is 4. The monoisotopic (exact) mass is 1790 g/mol. The molecule has 7 rings (SSSR count). The third-order valence-electron chi connectivity index (χ3n) is 20.8. The zero-order valence-electron chi connectivity index (χ0n) is 71.2. The number of aromatic amines is 1. The van der Waals surface area contributed by atoms with E-state index in [0.29, 0.717) is 45.3 Å². The molecular weight excluding hydrogens is 1680 g/mol. The van der Waals surface area contributed by atoms with Crippen molar-refractivity contribution in [3.8, 4) is 5.75 Å². The van der Waals surface area contributed by atoms with Gasteiger partial charge in [-0.15, -0.1) is 0 Å². The maximum atomic E-state index is 16.2. The maximum absolute atomic E-state index is 16.2. The minimum atomic E-state index is -2.01. The molecule has 3 heterocycles. The smallest absolute Gasteiger partial charge is 0.246 e. The van der Waals surface area contributed by atoms with E-state index in [1.165, 1.54) is 34.6 Å². The second-order valence-electron chi connectivity index (χ2n) is 32.0. The SMILES string of the molecule is CNCCOc1ccc(CC(NC(=O)C2NC(=O)C(CCC(N)=O)NC(=O)C(Cc3c[nH]c4ccccc34)NC(=O)C(C(C)O)NC(=O)C(CC(N)=O)NC(=O)C(NC(C)=O)C(C)(C)SSC2(C)C)C(=O)NC(Cc2ccc3ccccc3c2)C(=O)NC2(C(=O)NC(CCCCNC(C)=O)C(=O)NC(CC(N)=O)C(=O)NC(CC(N)=O)C(N)=O)CCOCC2)cc1. The number of aliphatic hydroxyl groups is 1. The number of fused-ring (bicyclic) bond motifs is 2. The van der Waals surface area contributed by atoms with Gasteiger partial charge < -0.3 is 123 Å². The van der Waals surface area contributed by atoms with Crippen molar-refractivity contribution < 1.29 is 101 Å². The summed E-state index contributed by atoms with van der Waals surface area (Å²) in [7, 11) is 3.45. The predicted octanol–water partition coefficient (Wildman–Crippen LogP) is -4.02. The summed E-state index contributed by atoms with van der Waals surface area (Å²) in [6.45, 7) is 9.89. The first-order valence-electron chi connectivity index (χ1n) is 40.8. The van der Waals surface area contributed by atoms with Gasteiger partial charge in [-0.25, -0.2) is 0 Å². The van der Waals surface area contributed by atoms with Gasteiger partial charge in [-0.2, -0.15) is 0 Å². The molecule has 0 saturated carbocycles. The molecule has 0 radical (unpaired) electrons. The van der Waals surface area contributed by atoms with E-state index >= 15 is 28.8 Å². The van der Waals surface area contributed by atoms with Crippen molar-refractivity contribution in [3.05, 3.63) is 114 Å². The number of ether oxygens (including phenoxy) is 2. The largest absolute Gasteiger partial charge is 0.492 e. The van der Waals surface area contributed by atoms with E-state index < -0.39 is 227 Å². The maximum Gasteiger partial charge on any atom is 0.246 e. The number of likely N-dealkylation sites (N-methyl/N-ethyl adjacent to an activating group) is 1. The highest BCUT2D eigenvalue weighted by molar-refractivity contribution is 8.77. The number of aromatic nitrogens is 1. The van der Waals surface area contributed by atoms with Gasteiger partial charge in [0, 0.05) is 105 Å². The zero-order chi connectivity index (χ0) is 92.9. The van der Waals surface area contributed by atoms with Gasteiger partial charge >= 0.3 is 0 Å². The van der Waals surface area contributed by atoms with E-state index in [-0.39, 0.29) is 77.2 Å². The minimum absolute atomic E-state index is 0.105. The van der Waals surface area contributed by atoms with Crippen molar-refractivity contribution in [2.75, 3.05) is 40.0 Å². The standard InChI is InChI=1S/C83H114N20O21S2/c1-43(104)66-77(119)97-59(38-50-42-91-53-18-12-11-17-52(50)53)73(115)93-55(26-27-62(84)107)71(113)102-68(82(6,7)126-125-81(4,5)67(92-45(3)106)78(120)99-61(41-65(87)110)75(117)101-66)79(121)98-57(36-46-21-24-51(25-22-46)124-34-31-89-8)72(114)95-58(37-47-20-23-48-15-9-10-16-49(48)35-47)76(118)103-83(28-32-123-33-29-83)80(122)100-54(19-13-14-30-90-44(2)105)70(112)96-60(40-64(86)109)74(116)94-56(69(88)111)39-63(85)108/h9-12,15-18,20-25,35,42-43,54-61,66-68,89,91,104H,13-14,19,26-34,36-41H2,1-8H3,(H2,84,107)(H2,85,108)(H2,86,109)(H2,87,110)(H2,88,111)(H,90,105)(H,92,106)(H,93,115)(H,94,116)(H,95,114)(H,96,112)(H,97,119)(H,98,121)(H,99,120)(H,100,122)(H,101,117)(H,102,113)(H,103,118). The van der Waals surface area contributed by atoms with E-state index in [0.717, 1.165) is 40.8 Å². The lowest BCUT2D eigenvalue weighted by atomic mass is 9.87. The first-order valence-corrected chi connectivity index (χ1v) is 43.0. The number of nitrogens with one attached hydrogen (secondary N) is 15. The molecule has 1 aromatic heterocycles. The number of rotatable bonds is 39. The lowest BCUT2D eigenvalue weighted by Crippen LogP contribution is -2.67. The molecule has 126 heavy (non-hydrogen) atoms. The van der Waals surface area contributed by atoms with Crippen LogP contribution in [-0.4, -0.2) is 244 Å². The molecule has 2 aliphatic heterocycles. The van der Waals surface area contributed by atoms with Crippen LogP contribution < -0.4 is 108 Å². The van der Waals surface area contributed by atoms with Crippen LogP contribution in [0.2, 0.25) is 0 Å². The van der Waals surface area contributed by atoms with Crippen molar-refractivity contribution >= 4 is 150 Å². The summed E-state index contributed by atoms with van der Waals surface area (Å²) in [6, 6.07) is 6.02. The average Bonchev–Trinajstić information content (AvgIpc) is 0.955.